The molecule has 3 unspecified atom stereocenters. The van der Waals surface area contributed by atoms with E-state index < -0.39 is 0 Å². The van der Waals surface area contributed by atoms with Gasteiger partial charge >= 0.3 is 0 Å². The van der Waals surface area contributed by atoms with Crippen molar-refractivity contribution >= 4 is 0 Å². The molecule has 0 amide bonds. The molecule has 1 rings (SSSR count). The number of ether oxygens (including phenoxy) is 1. The first-order valence-electron chi connectivity index (χ1n) is 4.59. The first kappa shape index (κ1) is 9.01. The van der Waals surface area contributed by atoms with Gasteiger partial charge in [-0.15, -0.1) is 0 Å². The van der Waals surface area contributed by atoms with Gasteiger partial charge in [-0.3, -0.25) is 0 Å². The molecular weight excluding hydrogens is 140 g/mol. The van der Waals surface area contributed by atoms with Gasteiger partial charge in [0.15, 0.2) is 0 Å². The van der Waals surface area contributed by atoms with Crippen LogP contribution in [0, 0.1) is 5.92 Å². The smallest absolute Gasteiger partial charge is 0.0626 e. The van der Waals surface area contributed by atoms with Crippen molar-refractivity contribution in [3.05, 3.63) is 0 Å². The quantitative estimate of drug-likeness (QED) is 0.675. The third-order valence-electron chi connectivity index (χ3n) is 2.58. The van der Waals surface area contributed by atoms with Crippen LogP contribution in [0.3, 0.4) is 0 Å². The number of aliphatic hydroxyl groups is 1. The molecule has 0 bridgehead atoms. The van der Waals surface area contributed by atoms with Crippen molar-refractivity contribution in [1.29, 1.82) is 0 Å². The maximum atomic E-state index is 9.58. The lowest BCUT2D eigenvalue weighted by Crippen LogP contribution is -2.27. The van der Waals surface area contributed by atoms with E-state index in [2.05, 4.69) is 6.92 Å². The Hall–Kier alpha value is -0.0800. The molecule has 0 aromatic heterocycles. The lowest BCUT2D eigenvalue weighted by Gasteiger charge is -2.21. The highest BCUT2D eigenvalue weighted by molar-refractivity contribution is 4.80. The minimum atomic E-state index is -0.151. The predicted octanol–water partition coefficient (Wildman–Crippen LogP) is 1.57. The zero-order valence-electron chi connectivity index (χ0n) is 7.42. The van der Waals surface area contributed by atoms with Crippen LogP contribution in [0.15, 0.2) is 0 Å². The van der Waals surface area contributed by atoms with Gasteiger partial charge in [0.1, 0.15) is 0 Å². The molecule has 1 heterocycles. The van der Waals surface area contributed by atoms with E-state index in [-0.39, 0.29) is 6.10 Å². The van der Waals surface area contributed by atoms with Crippen molar-refractivity contribution < 1.29 is 9.84 Å². The normalized spacial score (nSPS) is 34.1. The molecule has 1 aliphatic heterocycles. The largest absolute Gasteiger partial charge is 0.393 e. The van der Waals surface area contributed by atoms with Gasteiger partial charge in [-0.2, -0.15) is 0 Å². The van der Waals surface area contributed by atoms with Crippen LogP contribution < -0.4 is 0 Å². The van der Waals surface area contributed by atoms with E-state index in [0.717, 1.165) is 25.9 Å². The average molecular weight is 158 g/mol. The fraction of sp³-hybridized carbons (Fsp3) is 1.00. The van der Waals surface area contributed by atoms with E-state index in [0.29, 0.717) is 12.0 Å². The maximum Gasteiger partial charge on any atom is 0.0626 e. The third-order valence-corrected chi connectivity index (χ3v) is 2.58. The standard InChI is InChI=1S/C9H18O2/c1-3-8(10)7-5-6-11-9(7)4-2/h7-10H,3-6H2,1-2H3. The Morgan fingerprint density at radius 2 is 2.27 bits per heavy atom. The highest BCUT2D eigenvalue weighted by Crippen LogP contribution is 2.27. The van der Waals surface area contributed by atoms with E-state index in [9.17, 15) is 5.11 Å². The van der Waals surface area contributed by atoms with Crippen LogP contribution in [-0.2, 0) is 4.74 Å². The van der Waals surface area contributed by atoms with Gasteiger partial charge in [0, 0.05) is 12.5 Å². The molecule has 11 heavy (non-hydrogen) atoms. The van der Waals surface area contributed by atoms with Crippen molar-refractivity contribution in [3.63, 3.8) is 0 Å². The molecule has 0 saturated carbocycles. The fourth-order valence-electron chi connectivity index (χ4n) is 1.83. The van der Waals surface area contributed by atoms with Crippen LogP contribution >= 0.6 is 0 Å². The van der Waals surface area contributed by atoms with Crippen LogP contribution in [-0.4, -0.2) is 23.9 Å². The van der Waals surface area contributed by atoms with Crippen molar-refractivity contribution in [3.8, 4) is 0 Å². The number of rotatable bonds is 3. The van der Waals surface area contributed by atoms with E-state index in [1.165, 1.54) is 0 Å². The maximum absolute atomic E-state index is 9.58. The summed E-state index contributed by atoms with van der Waals surface area (Å²) in [6.45, 7) is 4.97. The van der Waals surface area contributed by atoms with Crippen molar-refractivity contribution in [2.24, 2.45) is 5.92 Å². The Morgan fingerprint density at radius 3 is 2.82 bits per heavy atom. The van der Waals surface area contributed by atoms with Gasteiger partial charge in [-0.1, -0.05) is 13.8 Å². The Kier molecular flexibility index (Phi) is 3.34. The minimum Gasteiger partial charge on any atom is -0.393 e. The van der Waals surface area contributed by atoms with Crippen LogP contribution in [0.2, 0.25) is 0 Å². The summed E-state index contributed by atoms with van der Waals surface area (Å²) in [6.07, 6.45) is 3.08. The van der Waals surface area contributed by atoms with Crippen molar-refractivity contribution in [2.75, 3.05) is 6.61 Å². The first-order chi connectivity index (χ1) is 5.29. The van der Waals surface area contributed by atoms with Gasteiger partial charge < -0.3 is 9.84 Å². The van der Waals surface area contributed by atoms with E-state index in [1.54, 1.807) is 0 Å². The number of aliphatic hydroxyl groups excluding tert-OH is 1. The minimum absolute atomic E-state index is 0.151. The summed E-state index contributed by atoms with van der Waals surface area (Å²) >= 11 is 0. The Balaban J connectivity index is 2.42. The summed E-state index contributed by atoms with van der Waals surface area (Å²) in [7, 11) is 0. The molecule has 1 fully saturated rings. The summed E-state index contributed by atoms with van der Waals surface area (Å²) in [4.78, 5) is 0. The summed E-state index contributed by atoms with van der Waals surface area (Å²) in [5, 5.41) is 9.58. The van der Waals surface area contributed by atoms with Gasteiger partial charge in [0.05, 0.1) is 12.2 Å². The topological polar surface area (TPSA) is 29.5 Å². The molecule has 2 nitrogen and oxygen atoms in total. The van der Waals surface area contributed by atoms with Crippen LogP contribution in [0.5, 0.6) is 0 Å². The molecule has 1 N–H and O–H groups in total. The van der Waals surface area contributed by atoms with Gasteiger partial charge in [0.25, 0.3) is 0 Å². The molecule has 1 saturated heterocycles. The average Bonchev–Trinajstić information content (AvgIpc) is 2.50. The summed E-state index contributed by atoms with van der Waals surface area (Å²) in [5.41, 5.74) is 0. The number of hydrogen-bond donors (Lipinski definition) is 1. The summed E-state index contributed by atoms with van der Waals surface area (Å²) in [5.74, 6) is 0.394. The summed E-state index contributed by atoms with van der Waals surface area (Å²) < 4.78 is 5.48. The van der Waals surface area contributed by atoms with Crippen LogP contribution in [0.4, 0.5) is 0 Å². The molecule has 0 radical (unpaired) electrons. The molecule has 3 atom stereocenters. The second-order valence-electron chi connectivity index (χ2n) is 3.25. The van der Waals surface area contributed by atoms with E-state index in [4.69, 9.17) is 4.74 Å². The highest BCUT2D eigenvalue weighted by Gasteiger charge is 2.31. The summed E-state index contributed by atoms with van der Waals surface area (Å²) in [6, 6.07) is 0. The Morgan fingerprint density at radius 1 is 1.55 bits per heavy atom. The van der Waals surface area contributed by atoms with Gasteiger partial charge in [-0.05, 0) is 19.3 Å². The van der Waals surface area contributed by atoms with E-state index >= 15 is 0 Å². The Labute approximate surface area is 68.6 Å². The van der Waals surface area contributed by atoms with Crippen LogP contribution in [0.25, 0.3) is 0 Å². The first-order valence-corrected chi connectivity index (χ1v) is 4.59. The second-order valence-corrected chi connectivity index (χ2v) is 3.25. The zero-order chi connectivity index (χ0) is 8.27. The fourth-order valence-corrected chi connectivity index (χ4v) is 1.83. The zero-order valence-corrected chi connectivity index (χ0v) is 7.42. The SMILES string of the molecule is CCC(O)C1CCOC1CC. The monoisotopic (exact) mass is 158 g/mol. The molecule has 0 aromatic carbocycles. The number of hydrogen-bond acceptors (Lipinski definition) is 2. The van der Waals surface area contributed by atoms with Gasteiger partial charge in [0.2, 0.25) is 0 Å². The molecule has 0 aliphatic carbocycles. The highest BCUT2D eigenvalue weighted by atomic mass is 16.5. The predicted molar refractivity (Wildman–Crippen MR) is 44.4 cm³/mol. The molecule has 66 valence electrons. The molecular formula is C9H18O2. The van der Waals surface area contributed by atoms with Gasteiger partial charge in [-0.25, -0.2) is 0 Å². The molecule has 1 aliphatic rings. The van der Waals surface area contributed by atoms with E-state index in [1.807, 2.05) is 6.92 Å². The Bertz CT molecular complexity index is 114. The lowest BCUT2D eigenvalue weighted by molar-refractivity contribution is 0.0300. The third kappa shape index (κ3) is 1.94. The second kappa shape index (κ2) is 4.07. The molecule has 0 aromatic rings. The molecule has 2 heteroatoms. The van der Waals surface area contributed by atoms with Crippen molar-refractivity contribution in [1.82, 2.24) is 0 Å². The molecule has 0 spiro atoms. The lowest BCUT2D eigenvalue weighted by atomic mass is 9.92. The van der Waals surface area contributed by atoms with Crippen molar-refractivity contribution in [2.45, 2.75) is 45.3 Å². The van der Waals surface area contributed by atoms with Crippen LogP contribution in [0.1, 0.15) is 33.1 Å².